The van der Waals surface area contributed by atoms with Crippen molar-refractivity contribution < 1.29 is 4.79 Å². The zero-order valence-electron chi connectivity index (χ0n) is 15.9. The standard InChI is InChI=1S/C20H29N5O.HI/c1-22-20(25-11-5-7-17(15-25)13-19(21)26)23-14-16-6-4-8-18(12-16)24-9-2-3-10-24;/h2-4,6,8,12,17H,5,7,9-11,13-15H2,1H3,(H2,21,26)(H,22,23);1H. The molecular formula is C20H30IN5O. The van der Waals surface area contributed by atoms with E-state index in [0.717, 1.165) is 51.5 Å². The van der Waals surface area contributed by atoms with E-state index in [0.29, 0.717) is 12.3 Å². The van der Waals surface area contributed by atoms with Gasteiger partial charge in [-0.1, -0.05) is 24.3 Å². The van der Waals surface area contributed by atoms with Gasteiger partial charge in [-0.25, -0.2) is 0 Å². The Labute approximate surface area is 178 Å². The van der Waals surface area contributed by atoms with Crippen LogP contribution in [0.2, 0.25) is 0 Å². The molecule has 7 heteroatoms. The molecule has 3 N–H and O–H groups in total. The van der Waals surface area contributed by atoms with Crippen molar-refractivity contribution >= 4 is 41.5 Å². The van der Waals surface area contributed by atoms with Gasteiger partial charge in [0.2, 0.25) is 5.91 Å². The molecule has 27 heavy (non-hydrogen) atoms. The number of rotatable bonds is 5. The molecule has 1 saturated heterocycles. The van der Waals surface area contributed by atoms with E-state index in [1.54, 1.807) is 0 Å². The number of hydrogen-bond donors (Lipinski definition) is 2. The van der Waals surface area contributed by atoms with Crippen LogP contribution in [0, 0.1) is 5.92 Å². The Morgan fingerprint density at radius 1 is 1.33 bits per heavy atom. The summed E-state index contributed by atoms with van der Waals surface area (Å²) in [5, 5.41) is 3.47. The molecule has 1 fully saturated rings. The fourth-order valence-corrected chi connectivity index (χ4v) is 3.77. The van der Waals surface area contributed by atoms with Gasteiger partial charge in [0.15, 0.2) is 5.96 Å². The molecular weight excluding hydrogens is 453 g/mol. The largest absolute Gasteiger partial charge is 0.370 e. The van der Waals surface area contributed by atoms with Gasteiger partial charge in [-0.05, 0) is 36.5 Å². The van der Waals surface area contributed by atoms with Crippen LogP contribution in [0.4, 0.5) is 5.69 Å². The van der Waals surface area contributed by atoms with E-state index in [4.69, 9.17) is 5.73 Å². The maximum absolute atomic E-state index is 11.2. The summed E-state index contributed by atoms with van der Waals surface area (Å²) in [6.07, 6.45) is 6.98. The number of nitrogens with two attached hydrogens (primary N) is 1. The lowest BCUT2D eigenvalue weighted by Crippen LogP contribution is -2.46. The van der Waals surface area contributed by atoms with E-state index in [1.165, 1.54) is 11.3 Å². The Morgan fingerprint density at radius 3 is 2.81 bits per heavy atom. The highest BCUT2D eigenvalue weighted by atomic mass is 127. The van der Waals surface area contributed by atoms with Gasteiger partial charge in [0.1, 0.15) is 0 Å². The van der Waals surface area contributed by atoms with Crippen LogP contribution in [0.25, 0.3) is 0 Å². The molecule has 0 aliphatic carbocycles. The molecule has 148 valence electrons. The molecule has 2 aliphatic heterocycles. The fourth-order valence-electron chi connectivity index (χ4n) is 3.77. The van der Waals surface area contributed by atoms with Crippen molar-refractivity contribution in [3.63, 3.8) is 0 Å². The molecule has 1 amide bonds. The summed E-state index contributed by atoms with van der Waals surface area (Å²) in [4.78, 5) is 20.2. The van der Waals surface area contributed by atoms with E-state index >= 15 is 0 Å². The topological polar surface area (TPSA) is 74.0 Å². The summed E-state index contributed by atoms with van der Waals surface area (Å²) in [6, 6.07) is 8.64. The first-order chi connectivity index (χ1) is 12.7. The number of nitrogens with one attached hydrogen (secondary N) is 1. The van der Waals surface area contributed by atoms with Crippen LogP contribution in [-0.2, 0) is 11.3 Å². The summed E-state index contributed by atoms with van der Waals surface area (Å²) in [6.45, 7) is 4.50. The Bertz CT molecular complexity index is 683. The van der Waals surface area contributed by atoms with Gasteiger partial charge in [0.25, 0.3) is 0 Å². The average molecular weight is 483 g/mol. The molecule has 3 rings (SSSR count). The Morgan fingerprint density at radius 2 is 2.11 bits per heavy atom. The van der Waals surface area contributed by atoms with Crippen LogP contribution < -0.4 is 16.0 Å². The zero-order chi connectivity index (χ0) is 18.4. The first-order valence-electron chi connectivity index (χ1n) is 9.38. The summed E-state index contributed by atoms with van der Waals surface area (Å²) in [5.41, 5.74) is 7.86. The molecule has 1 unspecified atom stereocenters. The lowest BCUT2D eigenvalue weighted by Gasteiger charge is -2.34. The van der Waals surface area contributed by atoms with Gasteiger partial charge in [0.05, 0.1) is 0 Å². The average Bonchev–Trinajstić information content (AvgIpc) is 3.17. The van der Waals surface area contributed by atoms with E-state index in [1.807, 2.05) is 7.05 Å². The minimum atomic E-state index is -0.215. The molecule has 2 heterocycles. The van der Waals surface area contributed by atoms with Crippen molar-refractivity contribution in [2.24, 2.45) is 16.6 Å². The molecule has 1 aromatic carbocycles. The van der Waals surface area contributed by atoms with Crippen molar-refractivity contribution in [3.05, 3.63) is 42.0 Å². The number of primary amides is 1. The molecule has 1 atom stereocenters. The highest BCUT2D eigenvalue weighted by Gasteiger charge is 2.23. The van der Waals surface area contributed by atoms with Crippen LogP contribution in [0.15, 0.2) is 41.4 Å². The number of carbonyl (C=O) groups excluding carboxylic acids is 1. The summed E-state index contributed by atoms with van der Waals surface area (Å²) < 4.78 is 0. The van der Waals surface area contributed by atoms with Gasteiger partial charge in [0, 0.05) is 51.9 Å². The Hall–Kier alpha value is -1.77. The number of benzene rings is 1. The van der Waals surface area contributed by atoms with Gasteiger partial charge in [-0.2, -0.15) is 0 Å². The monoisotopic (exact) mass is 483 g/mol. The van der Waals surface area contributed by atoms with Gasteiger partial charge < -0.3 is 20.9 Å². The van der Waals surface area contributed by atoms with Gasteiger partial charge in [-0.15, -0.1) is 24.0 Å². The normalized spacial score (nSPS) is 19.7. The van der Waals surface area contributed by atoms with E-state index in [9.17, 15) is 4.79 Å². The molecule has 0 bridgehead atoms. The van der Waals surface area contributed by atoms with E-state index < -0.39 is 0 Å². The third-order valence-corrected chi connectivity index (χ3v) is 5.06. The van der Waals surface area contributed by atoms with Crippen molar-refractivity contribution in [1.82, 2.24) is 10.2 Å². The molecule has 0 spiro atoms. The Balaban J connectivity index is 0.00000261. The number of amides is 1. The van der Waals surface area contributed by atoms with Crippen LogP contribution >= 0.6 is 24.0 Å². The summed E-state index contributed by atoms with van der Waals surface area (Å²) in [7, 11) is 1.81. The van der Waals surface area contributed by atoms with Crippen molar-refractivity contribution in [2.45, 2.75) is 25.8 Å². The smallest absolute Gasteiger partial charge is 0.217 e. The number of anilines is 1. The van der Waals surface area contributed by atoms with Crippen LogP contribution in [0.5, 0.6) is 0 Å². The number of aliphatic imine (C=N–C) groups is 1. The van der Waals surface area contributed by atoms with Crippen molar-refractivity contribution in [3.8, 4) is 0 Å². The maximum atomic E-state index is 11.2. The number of likely N-dealkylation sites (tertiary alicyclic amines) is 1. The first kappa shape index (κ1) is 21.5. The van der Waals surface area contributed by atoms with Gasteiger partial charge >= 0.3 is 0 Å². The minimum absolute atomic E-state index is 0. The van der Waals surface area contributed by atoms with Crippen LogP contribution in [-0.4, -0.2) is 50.0 Å². The highest BCUT2D eigenvalue weighted by molar-refractivity contribution is 14.0. The predicted molar refractivity (Wildman–Crippen MR) is 122 cm³/mol. The van der Waals surface area contributed by atoms with Crippen LogP contribution in [0.1, 0.15) is 24.8 Å². The lowest BCUT2D eigenvalue weighted by atomic mass is 9.95. The SMILES string of the molecule is CN=C(NCc1cccc(N2CC=CC2)c1)N1CCCC(CC(N)=O)C1.I. The zero-order valence-corrected chi connectivity index (χ0v) is 18.3. The maximum Gasteiger partial charge on any atom is 0.217 e. The number of hydrogen-bond acceptors (Lipinski definition) is 3. The second kappa shape index (κ2) is 10.5. The van der Waals surface area contributed by atoms with E-state index in [-0.39, 0.29) is 29.9 Å². The summed E-state index contributed by atoms with van der Waals surface area (Å²) >= 11 is 0. The predicted octanol–water partition coefficient (Wildman–Crippen LogP) is 2.34. The quantitative estimate of drug-likeness (QED) is 0.292. The molecule has 0 aromatic heterocycles. The minimum Gasteiger partial charge on any atom is -0.370 e. The number of nitrogens with zero attached hydrogens (tertiary/aromatic N) is 3. The van der Waals surface area contributed by atoms with Crippen molar-refractivity contribution in [1.29, 1.82) is 0 Å². The number of piperidine rings is 1. The lowest BCUT2D eigenvalue weighted by molar-refractivity contribution is -0.119. The molecule has 2 aliphatic rings. The Kier molecular flexibility index (Phi) is 8.40. The summed E-state index contributed by atoms with van der Waals surface area (Å²) in [5.74, 6) is 1.01. The van der Waals surface area contributed by atoms with E-state index in [2.05, 4.69) is 56.5 Å². The van der Waals surface area contributed by atoms with Gasteiger partial charge in [-0.3, -0.25) is 9.79 Å². The first-order valence-corrected chi connectivity index (χ1v) is 9.38. The number of carbonyl (C=O) groups is 1. The molecule has 0 saturated carbocycles. The van der Waals surface area contributed by atoms with Crippen molar-refractivity contribution in [2.75, 3.05) is 38.1 Å². The molecule has 1 aromatic rings. The third-order valence-electron chi connectivity index (χ3n) is 5.06. The second-order valence-electron chi connectivity index (χ2n) is 7.07. The fraction of sp³-hybridized carbons (Fsp3) is 0.500. The molecule has 6 nitrogen and oxygen atoms in total. The highest BCUT2D eigenvalue weighted by Crippen LogP contribution is 2.20. The van der Waals surface area contributed by atoms with Crippen LogP contribution in [0.3, 0.4) is 0 Å². The number of halogens is 1. The second-order valence-corrected chi connectivity index (χ2v) is 7.07. The number of guanidine groups is 1. The third kappa shape index (κ3) is 6.12. The molecule has 0 radical (unpaired) electrons.